The molecule has 0 aliphatic carbocycles. The van der Waals surface area contributed by atoms with E-state index in [2.05, 4.69) is 9.80 Å². The number of halogens is 1. The van der Waals surface area contributed by atoms with Gasteiger partial charge < -0.3 is 14.4 Å². The Morgan fingerprint density at radius 2 is 1.43 bits per heavy atom. The zero-order chi connectivity index (χ0) is 28.2. The van der Waals surface area contributed by atoms with Crippen LogP contribution in [0, 0.1) is 0 Å². The van der Waals surface area contributed by atoms with Gasteiger partial charge in [0.1, 0.15) is 5.75 Å². The Bertz CT molecular complexity index is 1400. The van der Waals surface area contributed by atoms with Crippen molar-refractivity contribution in [3.8, 4) is 5.75 Å². The van der Waals surface area contributed by atoms with Crippen molar-refractivity contribution in [1.29, 1.82) is 0 Å². The van der Waals surface area contributed by atoms with E-state index in [0.29, 0.717) is 29.4 Å². The standard InChI is InChI=1S/C30H28ClN3O6/c1-39-25-12-10-23(11-13-25)32-14-16-33(17-15-32)26-18-28(36)34(29(26)37)24-8-4-21(5-9-24)30(38)40-19-27(35)20-2-6-22(31)7-3-20/h2-13,26H,14-19H2,1H3. The van der Waals surface area contributed by atoms with Crippen LogP contribution in [-0.2, 0) is 14.3 Å². The lowest BCUT2D eigenvalue weighted by atomic mass is 10.1. The molecular formula is C30H28ClN3O6. The number of methoxy groups -OCH3 is 1. The molecule has 2 heterocycles. The van der Waals surface area contributed by atoms with Crippen molar-refractivity contribution in [2.24, 2.45) is 0 Å². The Labute approximate surface area is 236 Å². The number of hydrogen-bond acceptors (Lipinski definition) is 8. The maximum atomic E-state index is 13.3. The van der Waals surface area contributed by atoms with E-state index in [-0.39, 0.29) is 29.6 Å². The van der Waals surface area contributed by atoms with Gasteiger partial charge in [0.15, 0.2) is 12.4 Å². The van der Waals surface area contributed by atoms with E-state index in [1.54, 1.807) is 31.4 Å². The third-order valence-corrected chi connectivity index (χ3v) is 7.43. The summed E-state index contributed by atoms with van der Waals surface area (Å²) >= 11 is 5.83. The summed E-state index contributed by atoms with van der Waals surface area (Å²) in [7, 11) is 1.63. The van der Waals surface area contributed by atoms with Gasteiger partial charge in [0.25, 0.3) is 5.91 Å². The fourth-order valence-electron chi connectivity index (χ4n) is 4.94. The molecule has 2 aliphatic heterocycles. The average Bonchev–Trinajstić information content (AvgIpc) is 3.29. The molecule has 0 bridgehead atoms. The van der Waals surface area contributed by atoms with Crippen molar-refractivity contribution in [2.45, 2.75) is 12.5 Å². The Kier molecular flexibility index (Phi) is 8.14. The monoisotopic (exact) mass is 561 g/mol. The molecule has 2 fully saturated rings. The number of imide groups is 1. The van der Waals surface area contributed by atoms with Crippen LogP contribution in [0.4, 0.5) is 11.4 Å². The maximum Gasteiger partial charge on any atom is 0.338 e. The Morgan fingerprint density at radius 3 is 2.05 bits per heavy atom. The summed E-state index contributed by atoms with van der Waals surface area (Å²) in [4.78, 5) is 56.3. The van der Waals surface area contributed by atoms with E-state index in [0.717, 1.165) is 24.5 Å². The molecule has 206 valence electrons. The molecule has 9 nitrogen and oxygen atoms in total. The topological polar surface area (TPSA) is 96.5 Å². The number of carbonyl (C=O) groups excluding carboxylic acids is 4. The minimum absolute atomic E-state index is 0.109. The average molecular weight is 562 g/mol. The molecule has 2 saturated heterocycles. The molecule has 1 unspecified atom stereocenters. The highest BCUT2D eigenvalue weighted by atomic mass is 35.5. The molecule has 0 aromatic heterocycles. The van der Waals surface area contributed by atoms with Gasteiger partial charge in [0.2, 0.25) is 5.91 Å². The number of rotatable bonds is 8. The number of piperazine rings is 1. The molecule has 5 rings (SSSR count). The summed E-state index contributed by atoms with van der Waals surface area (Å²) < 4.78 is 10.4. The number of nitrogens with zero attached hydrogens (tertiary/aromatic N) is 3. The Morgan fingerprint density at radius 1 is 0.825 bits per heavy atom. The molecular weight excluding hydrogens is 534 g/mol. The van der Waals surface area contributed by atoms with E-state index in [4.69, 9.17) is 21.1 Å². The van der Waals surface area contributed by atoms with Crippen LogP contribution in [-0.4, -0.2) is 74.4 Å². The van der Waals surface area contributed by atoms with Gasteiger partial charge in [0.05, 0.1) is 30.8 Å². The van der Waals surface area contributed by atoms with Crippen LogP contribution in [0.25, 0.3) is 0 Å². The molecule has 0 N–H and O–H groups in total. The van der Waals surface area contributed by atoms with Gasteiger partial charge in [-0.2, -0.15) is 0 Å². The number of esters is 1. The van der Waals surface area contributed by atoms with Gasteiger partial charge >= 0.3 is 5.97 Å². The third-order valence-electron chi connectivity index (χ3n) is 7.18. The first-order valence-corrected chi connectivity index (χ1v) is 13.3. The Hall–Kier alpha value is -4.21. The van der Waals surface area contributed by atoms with Crippen molar-refractivity contribution in [2.75, 3.05) is 49.7 Å². The number of ketones is 1. The lowest BCUT2D eigenvalue weighted by Crippen LogP contribution is -2.52. The van der Waals surface area contributed by atoms with Crippen molar-refractivity contribution < 1.29 is 28.7 Å². The van der Waals surface area contributed by atoms with Gasteiger partial charge in [-0.05, 0) is 72.8 Å². The van der Waals surface area contributed by atoms with Crippen molar-refractivity contribution in [3.05, 3.63) is 88.9 Å². The predicted molar refractivity (Wildman–Crippen MR) is 150 cm³/mol. The van der Waals surface area contributed by atoms with Crippen LogP contribution >= 0.6 is 11.6 Å². The minimum atomic E-state index is -0.680. The number of Topliss-reactive ketones (excluding diaryl/α,β-unsaturated/α-hetero) is 1. The highest BCUT2D eigenvalue weighted by molar-refractivity contribution is 6.30. The number of amides is 2. The summed E-state index contributed by atoms with van der Waals surface area (Å²) in [6, 6.07) is 19.7. The highest BCUT2D eigenvalue weighted by Crippen LogP contribution is 2.28. The van der Waals surface area contributed by atoms with E-state index in [9.17, 15) is 19.2 Å². The zero-order valence-corrected chi connectivity index (χ0v) is 22.7. The van der Waals surface area contributed by atoms with Gasteiger partial charge in [-0.15, -0.1) is 0 Å². The van der Waals surface area contributed by atoms with Crippen molar-refractivity contribution in [3.63, 3.8) is 0 Å². The number of anilines is 2. The second-order valence-electron chi connectivity index (χ2n) is 9.56. The molecule has 3 aromatic rings. The molecule has 1 atom stereocenters. The quantitative estimate of drug-likeness (QED) is 0.232. The van der Waals surface area contributed by atoms with E-state index in [1.807, 2.05) is 24.3 Å². The Balaban J connectivity index is 1.16. The maximum absolute atomic E-state index is 13.3. The van der Waals surface area contributed by atoms with Crippen LogP contribution in [0.3, 0.4) is 0 Å². The lowest BCUT2D eigenvalue weighted by molar-refractivity contribution is -0.123. The van der Waals surface area contributed by atoms with Gasteiger partial charge in [-0.3, -0.25) is 19.3 Å². The molecule has 0 spiro atoms. The number of hydrogen-bond donors (Lipinski definition) is 0. The van der Waals surface area contributed by atoms with E-state index < -0.39 is 18.6 Å². The smallest absolute Gasteiger partial charge is 0.338 e. The lowest BCUT2D eigenvalue weighted by Gasteiger charge is -2.38. The summed E-state index contributed by atoms with van der Waals surface area (Å²) in [5.41, 5.74) is 2.07. The molecule has 0 saturated carbocycles. The summed E-state index contributed by atoms with van der Waals surface area (Å²) in [6.07, 6.45) is 0.109. The largest absolute Gasteiger partial charge is 0.497 e. The summed E-state index contributed by atoms with van der Waals surface area (Å²) in [5, 5.41) is 0.502. The molecule has 2 aliphatic rings. The van der Waals surface area contributed by atoms with E-state index in [1.165, 1.54) is 29.2 Å². The van der Waals surface area contributed by atoms with Gasteiger partial charge in [-0.25, -0.2) is 9.69 Å². The van der Waals surface area contributed by atoms with Crippen LogP contribution < -0.4 is 14.5 Å². The highest BCUT2D eigenvalue weighted by Gasteiger charge is 2.43. The third kappa shape index (κ3) is 5.85. The number of carbonyl (C=O) groups is 4. The van der Waals surface area contributed by atoms with Crippen LogP contribution in [0.5, 0.6) is 5.75 Å². The van der Waals surface area contributed by atoms with Crippen LogP contribution in [0.2, 0.25) is 5.02 Å². The van der Waals surface area contributed by atoms with Crippen molar-refractivity contribution in [1.82, 2.24) is 4.90 Å². The van der Waals surface area contributed by atoms with Crippen LogP contribution in [0.1, 0.15) is 27.1 Å². The first kappa shape index (κ1) is 27.4. The summed E-state index contributed by atoms with van der Waals surface area (Å²) in [6.45, 7) is 2.37. The second-order valence-corrected chi connectivity index (χ2v) is 10.00. The molecule has 2 amide bonds. The molecule has 0 radical (unpaired) electrons. The minimum Gasteiger partial charge on any atom is -0.497 e. The molecule has 3 aromatic carbocycles. The van der Waals surface area contributed by atoms with Gasteiger partial charge in [-0.1, -0.05) is 11.6 Å². The predicted octanol–water partition coefficient (Wildman–Crippen LogP) is 3.84. The number of ether oxygens (including phenoxy) is 2. The normalized spacial score (nSPS) is 17.7. The fraction of sp³-hybridized carbons (Fsp3) is 0.267. The first-order valence-electron chi connectivity index (χ1n) is 12.9. The second kappa shape index (κ2) is 11.9. The zero-order valence-electron chi connectivity index (χ0n) is 21.9. The molecule has 10 heteroatoms. The van der Waals surface area contributed by atoms with Crippen LogP contribution in [0.15, 0.2) is 72.8 Å². The SMILES string of the molecule is COc1ccc(N2CCN(C3CC(=O)N(c4ccc(C(=O)OCC(=O)c5ccc(Cl)cc5)cc4)C3=O)CC2)cc1. The van der Waals surface area contributed by atoms with E-state index >= 15 is 0 Å². The van der Waals surface area contributed by atoms with Crippen molar-refractivity contribution >= 4 is 46.5 Å². The number of benzene rings is 3. The fourth-order valence-corrected chi connectivity index (χ4v) is 5.06. The van der Waals surface area contributed by atoms with Gasteiger partial charge in [0, 0.05) is 42.5 Å². The molecule has 40 heavy (non-hydrogen) atoms. The first-order chi connectivity index (χ1) is 19.3. The summed E-state index contributed by atoms with van der Waals surface area (Å²) in [5.74, 6) is -0.790.